The Labute approximate surface area is 213 Å². The average molecular weight is 571 g/mol. The summed E-state index contributed by atoms with van der Waals surface area (Å²) in [6, 6.07) is 7.97. The first-order chi connectivity index (χ1) is 15.5. The molecule has 0 saturated carbocycles. The van der Waals surface area contributed by atoms with E-state index in [2.05, 4.69) is 34.7 Å². The summed E-state index contributed by atoms with van der Waals surface area (Å²) in [5.74, 6) is 4.25. The maximum absolute atomic E-state index is 5.92. The van der Waals surface area contributed by atoms with E-state index in [0.29, 0.717) is 42.9 Å². The minimum Gasteiger partial charge on any atom is -0.494 e. The molecule has 2 aromatic rings. The van der Waals surface area contributed by atoms with Gasteiger partial charge in [-0.15, -0.1) is 24.0 Å². The van der Waals surface area contributed by atoms with Crippen molar-refractivity contribution < 1.29 is 23.7 Å². The van der Waals surface area contributed by atoms with Crippen molar-refractivity contribution in [3.05, 3.63) is 41.0 Å². The number of halogens is 1. The van der Waals surface area contributed by atoms with Crippen LogP contribution in [0.2, 0.25) is 0 Å². The molecule has 1 heterocycles. The summed E-state index contributed by atoms with van der Waals surface area (Å²) in [7, 11) is 6.53. The second-order valence-electron chi connectivity index (χ2n) is 7.45. The number of hydrogen-bond acceptors (Lipinski definition) is 6. The smallest absolute Gasteiger partial charge is 0.203 e. The number of guanidine groups is 1. The predicted octanol–water partition coefficient (Wildman–Crippen LogP) is 3.92. The number of aliphatic imine (C=N–C) groups is 1. The highest BCUT2D eigenvalue weighted by Crippen LogP contribution is 2.38. The van der Waals surface area contributed by atoms with Crippen LogP contribution >= 0.6 is 24.0 Å². The van der Waals surface area contributed by atoms with E-state index in [4.69, 9.17) is 23.7 Å². The van der Waals surface area contributed by atoms with E-state index in [1.54, 1.807) is 28.4 Å². The Kier molecular flexibility index (Phi) is 10.2. The molecule has 182 valence electrons. The van der Waals surface area contributed by atoms with Crippen molar-refractivity contribution >= 4 is 29.9 Å². The maximum Gasteiger partial charge on any atom is 0.203 e. The van der Waals surface area contributed by atoms with Gasteiger partial charge in [0, 0.05) is 37.7 Å². The molecule has 0 fully saturated rings. The predicted molar refractivity (Wildman–Crippen MR) is 140 cm³/mol. The van der Waals surface area contributed by atoms with Gasteiger partial charge in [-0.3, -0.25) is 4.99 Å². The van der Waals surface area contributed by atoms with Crippen LogP contribution in [0, 0.1) is 0 Å². The lowest BCUT2D eigenvalue weighted by atomic mass is 10.1. The van der Waals surface area contributed by atoms with Gasteiger partial charge in [-0.2, -0.15) is 0 Å². The largest absolute Gasteiger partial charge is 0.494 e. The van der Waals surface area contributed by atoms with Crippen LogP contribution < -0.4 is 34.3 Å². The molecule has 2 aromatic carbocycles. The Hall–Kier alpha value is -2.56. The molecule has 1 aliphatic rings. The standard InChI is InChI=1S/C24H33N3O5.HI/c1-7-31-19-11-17-8-15(2)32-20(17)12-18(19)14-27-24(25-3)26-13-16-9-21(28-4)23(30-6)22(10-16)29-5;/h9-12,15H,7-8,13-14H2,1-6H3,(H2,25,26,27);1H. The molecule has 3 rings (SSSR count). The summed E-state index contributed by atoms with van der Waals surface area (Å²) < 4.78 is 28.0. The van der Waals surface area contributed by atoms with Gasteiger partial charge in [0.1, 0.15) is 17.6 Å². The lowest BCUT2D eigenvalue weighted by molar-refractivity contribution is 0.254. The number of fused-ring (bicyclic) bond motifs is 1. The number of methoxy groups -OCH3 is 3. The van der Waals surface area contributed by atoms with Crippen LogP contribution in [-0.2, 0) is 19.5 Å². The molecule has 33 heavy (non-hydrogen) atoms. The van der Waals surface area contributed by atoms with Crippen molar-refractivity contribution in [2.24, 2.45) is 4.99 Å². The van der Waals surface area contributed by atoms with E-state index in [0.717, 1.165) is 29.0 Å². The molecule has 0 spiro atoms. The molecular formula is C24H34IN3O5. The number of nitrogens with zero attached hydrogens (tertiary/aromatic N) is 1. The summed E-state index contributed by atoms with van der Waals surface area (Å²) in [4.78, 5) is 4.33. The van der Waals surface area contributed by atoms with Crippen LogP contribution in [-0.4, -0.2) is 47.0 Å². The van der Waals surface area contributed by atoms with E-state index >= 15 is 0 Å². The Morgan fingerprint density at radius 3 is 2.24 bits per heavy atom. The lowest BCUT2D eigenvalue weighted by Gasteiger charge is -2.17. The van der Waals surface area contributed by atoms with Crippen LogP contribution in [0.5, 0.6) is 28.7 Å². The molecule has 8 nitrogen and oxygen atoms in total. The van der Waals surface area contributed by atoms with Crippen molar-refractivity contribution in [1.82, 2.24) is 10.6 Å². The third kappa shape index (κ3) is 6.49. The van der Waals surface area contributed by atoms with Gasteiger partial charge in [0.2, 0.25) is 5.75 Å². The van der Waals surface area contributed by atoms with E-state index < -0.39 is 0 Å². The zero-order chi connectivity index (χ0) is 23.1. The van der Waals surface area contributed by atoms with Crippen LogP contribution in [0.3, 0.4) is 0 Å². The van der Waals surface area contributed by atoms with E-state index in [9.17, 15) is 0 Å². The fourth-order valence-electron chi connectivity index (χ4n) is 3.73. The third-order valence-corrected chi connectivity index (χ3v) is 5.23. The van der Waals surface area contributed by atoms with Crippen LogP contribution in [0.1, 0.15) is 30.5 Å². The Morgan fingerprint density at radius 2 is 1.67 bits per heavy atom. The summed E-state index contributed by atoms with van der Waals surface area (Å²) in [5, 5.41) is 6.67. The molecule has 0 bridgehead atoms. The minimum absolute atomic E-state index is 0. The average Bonchev–Trinajstić information content (AvgIpc) is 3.17. The first kappa shape index (κ1) is 26.7. The topological polar surface area (TPSA) is 82.6 Å². The highest BCUT2D eigenvalue weighted by Gasteiger charge is 2.22. The van der Waals surface area contributed by atoms with Gasteiger partial charge in [0.05, 0.1) is 27.9 Å². The molecule has 1 aliphatic heterocycles. The highest BCUT2D eigenvalue weighted by atomic mass is 127. The Bertz CT molecular complexity index is 942. The Balaban J connectivity index is 0.00000385. The normalized spacial score (nSPS) is 14.5. The van der Waals surface area contributed by atoms with Gasteiger partial charge in [-0.1, -0.05) is 0 Å². The summed E-state index contributed by atoms with van der Waals surface area (Å²) in [6.45, 7) is 5.75. The first-order valence-electron chi connectivity index (χ1n) is 10.7. The summed E-state index contributed by atoms with van der Waals surface area (Å²) >= 11 is 0. The van der Waals surface area contributed by atoms with E-state index in [1.165, 1.54) is 5.56 Å². The van der Waals surface area contributed by atoms with Gasteiger partial charge >= 0.3 is 0 Å². The van der Waals surface area contributed by atoms with Crippen LogP contribution in [0.4, 0.5) is 0 Å². The van der Waals surface area contributed by atoms with Crippen LogP contribution in [0.25, 0.3) is 0 Å². The van der Waals surface area contributed by atoms with Gasteiger partial charge in [-0.05, 0) is 43.7 Å². The van der Waals surface area contributed by atoms with Gasteiger partial charge in [-0.25, -0.2) is 0 Å². The SMILES string of the molecule is CCOc1cc2c(cc1CNC(=NC)NCc1cc(OC)c(OC)c(OC)c1)OC(C)C2.I. The number of hydrogen-bond donors (Lipinski definition) is 2. The highest BCUT2D eigenvalue weighted by molar-refractivity contribution is 14.0. The molecule has 1 atom stereocenters. The number of ether oxygens (including phenoxy) is 5. The molecule has 9 heteroatoms. The zero-order valence-corrected chi connectivity index (χ0v) is 22.4. The van der Waals surface area contributed by atoms with E-state index in [-0.39, 0.29) is 30.1 Å². The minimum atomic E-state index is 0. The molecule has 0 saturated heterocycles. The first-order valence-corrected chi connectivity index (χ1v) is 10.7. The van der Waals surface area contributed by atoms with Crippen molar-refractivity contribution in [2.75, 3.05) is 35.0 Å². The number of nitrogens with one attached hydrogen (secondary N) is 2. The van der Waals surface area contributed by atoms with Gasteiger partial charge in [0.15, 0.2) is 17.5 Å². The summed E-state index contributed by atoms with van der Waals surface area (Å²) in [5.41, 5.74) is 3.18. The molecule has 0 aliphatic carbocycles. The van der Waals surface area contributed by atoms with Crippen molar-refractivity contribution in [2.45, 2.75) is 39.5 Å². The Morgan fingerprint density at radius 1 is 1.00 bits per heavy atom. The fourth-order valence-corrected chi connectivity index (χ4v) is 3.73. The molecule has 0 amide bonds. The lowest BCUT2D eigenvalue weighted by Crippen LogP contribution is -2.36. The number of rotatable bonds is 9. The van der Waals surface area contributed by atoms with Gasteiger partial charge in [0.25, 0.3) is 0 Å². The molecule has 0 radical (unpaired) electrons. The van der Waals surface area contributed by atoms with Crippen molar-refractivity contribution in [3.8, 4) is 28.7 Å². The van der Waals surface area contributed by atoms with Gasteiger partial charge < -0.3 is 34.3 Å². The molecule has 2 N–H and O–H groups in total. The monoisotopic (exact) mass is 571 g/mol. The fraction of sp³-hybridized carbons (Fsp3) is 0.458. The molecular weight excluding hydrogens is 537 g/mol. The van der Waals surface area contributed by atoms with E-state index in [1.807, 2.05) is 19.1 Å². The summed E-state index contributed by atoms with van der Waals surface area (Å²) in [6.07, 6.45) is 1.09. The molecule has 0 aromatic heterocycles. The zero-order valence-electron chi connectivity index (χ0n) is 20.1. The third-order valence-electron chi connectivity index (χ3n) is 5.23. The number of benzene rings is 2. The quantitative estimate of drug-likeness (QED) is 0.268. The van der Waals surface area contributed by atoms with Crippen molar-refractivity contribution in [3.63, 3.8) is 0 Å². The maximum atomic E-state index is 5.92. The second-order valence-corrected chi connectivity index (χ2v) is 7.45. The van der Waals surface area contributed by atoms with Crippen molar-refractivity contribution in [1.29, 1.82) is 0 Å². The molecule has 1 unspecified atom stereocenters. The van der Waals surface area contributed by atoms with Crippen LogP contribution in [0.15, 0.2) is 29.3 Å². The second kappa shape index (κ2) is 12.6.